The first kappa shape index (κ1) is 25.2. The predicted octanol–water partition coefficient (Wildman–Crippen LogP) is 4.01. The van der Waals surface area contributed by atoms with Crippen molar-refractivity contribution >= 4 is 28.5 Å². The number of carbonyl (C=O) groups is 2. The number of amides is 2. The van der Waals surface area contributed by atoms with E-state index in [1.54, 1.807) is 19.2 Å². The van der Waals surface area contributed by atoms with Gasteiger partial charge in [-0.15, -0.1) is 0 Å². The van der Waals surface area contributed by atoms with Crippen LogP contribution in [0.1, 0.15) is 38.1 Å². The molecular formula is C26H35N5O3. The van der Waals surface area contributed by atoms with Crippen molar-refractivity contribution in [1.29, 1.82) is 0 Å². The fraction of sp³-hybridized carbons (Fsp3) is 0.423. The number of ether oxygens (including phenoxy) is 1. The molecule has 0 aliphatic heterocycles. The number of carbonyl (C=O) groups excluding carboxylic acids is 2. The van der Waals surface area contributed by atoms with E-state index in [1.807, 2.05) is 49.9 Å². The number of hydrogen-bond donors (Lipinski definition) is 2. The first-order chi connectivity index (χ1) is 16.0. The molecule has 0 aliphatic rings. The van der Waals surface area contributed by atoms with Gasteiger partial charge in [0, 0.05) is 37.8 Å². The molecule has 0 atom stereocenters. The van der Waals surface area contributed by atoms with E-state index in [2.05, 4.69) is 29.4 Å². The van der Waals surface area contributed by atoms with Crippen molar-refractivity contribution in [3.8, 4) is 17.1 Å². The molecule has 2 aromatic carbocycles. The zero-order valence-corrected chi connectivity index (χ0v) is 21.2. The van der Waals surface area contributed by atoms with Gasteiger partial charge in [-0.3, -0.25) is 9.59 Å². The lowest BCUT2D eigenvalue weighted by atomic mass is 9.93. The van der Waals surface area contributed by atoms with Crippen LogP contribution in [0.3, 0.4) is 0 Å². The number of imidazole rings is 1. The van der Waals surface area contributed by atoms with Crippen molar-refractivity contribution in [2.45, 2.75) is 34.2 Å². The number of benzene rings is 2. The van der Waals surface area contributed by atoms with Crippen molar-refractivity contribution in [2.75, 3.05) is 39.6 Å². The highest BCUT2D eigenvalue weighted by atomic mass is 16.5. The zero-order valence-electron chi connectivity index (χ0n) is 21.2. The van der Waals surface area contributed by atoms with Gasteiger partial charge in [-0.25, -0.2) is 4.98 Å². The SMILES string of the molecule is CCn1c(-c2cccc(OC)c2)nc2cc(NC(C)=O)cc(C(=O)NCC(C)(C)CN(C)C)c21. The molecule has 34 heavy (non-hydrogen) atoms. The Morgan fingerprint density at radius 3 is 2.53 bits per heavy atom. The van der Waals surface area contributed by atoms with Crippen LogP contribution < -0.4 is 15.4 Å². The van der Waals surface area contributed by atoms with E-state index in [9.17, 15) is 9.59 Å². The van der Waals surface area contributed by atoms with Gasteiger partial charge in [-0.05, 0) is 50.7 Å². The number of aromatic nitrogens is 2. The summed E-state index contributed by atoms with van der Waals surface area (Å²) in [5, 5.41) is 5.90. The molecule has 182 valence electrons. The van der Waals surface area contributed by atoms with Gasteiger partial charge in [-0.2, -0.15) is 0 Å². The fourth-order valence-corrected chi connectivity index (χ4v) is 4.33. The van der Waals surface area contributed by atoms with E-state index >= 15 is 0 Å². The average Bonchev–Trinajstić information content (AvgIpc) is 3.14. The van der Waals surface area contributed by atoms with Crippen molar-refractivity contribution in [3.05, 3.63) is 42.0 Å². The first-order valence-electron chi connectivity index (χ1n) is 11.4. The molecule has 0 bridgehead atoms. The topological polar surface area (TPSA) is 88.5 Å². The van der Waals surface area contributed by atoms with Crippen LogP contribution >= 0.6 is 0 Å². The Balaban J connectivity index is 2.12. The van der Waals surface area contributed by atoms with E-state index in [-0.39, 0.29) is 17.2 Å². The van der Waals surface area contributed by atoms with Crippen LogP contribution in [-0.2, 0) is 11.3 Å². The van der Waals surface area contributed by atoms with Crippen LogP contribution in [0.15, 0.2) is 36.4 Å². The minimum absolute atomic E-state index is 0.107. The van der Waals surface area contributed by atoms with Crippen molar-refractivity contribution in [2.24, 2.45) is 5.41 Å². The van der Waals surface area contributed by atoms with Gasteiger partial charge in [0.15, 0.2) is 0 Å². The Kier molecular flexibility index (Phi) is 7.61. The van der Waals surface area contributed by atoms with Gasteiger partial charge >= 0.3 is 0 Å². The molecule has 0 saturated carbocycles. The lowest BCUT2D eigenvalue weighted by Gasteiger charge is -2.28. The molecule has 0 spiro atoms. The maximum Gasteiger partial charge on any atom is 0.253 e. The minimum atomic E-state index is -0.208. The molecule has 0 unspecified atom stereocenters. The Labute approximate surface area is 201 Å². The Morgan fingerprint density at radius 2 is 1.91 bits per heavy atom. The molecule has 0 radical (unpaired) electrons. The molecule has 0 fully saturated rings. The van der Waals surface area contributed by atoms with Gasteiger partial charge in [0.05, 0.1) is 23.7 Å². The molecule has 8 heteroatoms. The summed E-state index contributed by atoms with van der Waals surface area (Å²) in [5.74, 6) is 1.06. The monoisotopic (exact) mass is 465 g/mol. The van der Waals surface area contributed by atoms with Crippen molar-refractivity contribution in [1.82, 2.24) is 19.8 Å². The van der Waals surface area contributed by atoms with E-state index in [0.717, 1.165) is 29.2 Å². The molecule has 3 aromatic rings. The highest BCUT2D eigenvalue weighted by Crippen LogP contribution is 2.31. The van der Waals surface area contributed by atoms with E-state index in [0.29, 0.717) is 29.9 Å². The Morgan fingerprint density at radius 1 is 1.18 bits per heavy atom. The number of hydrogen-bond acceptors (Lipinski definition) is 5. The smallest absolute Gasteiger partial charge is 0.253 e. The van der Waals surface area contributed by atoms with Crippen LogP contribution in [0.5, 0.6) is 5.75 Å². The molecule has 8 nitrogen and oxygen atoms in total. The van der Waals surface area contributed by atoms with E-state index in [4.69, 9.17) is 9.72 Å². The quantitative estimate of drug-likeness (QED) is 0.499. The summed E-state index contributed by atoms with van der Waals surface area (Å²) in [6.45, 7) is 9.67. The third-order valence-corrected chi connectivity index (χ3v) is 5.52. The Hall–Kier alpha value is -3.39. The lowest BCUT2D eigenvalue weighted by Crippen LogP contribution is -2.40. The summed E-state index contributed by atoms with van der Waals surface area (Å²) in [6, 6.07) is 11.2. The zero-order chi connectivity index (χ0) is 25.0. The maximum atomic E-state index is 13.4. The molecule has 0 saturated heterocycles. The van der Waals surface area contributed by atoms with Crippen LogP contribution in [0, 0.1) is 5.41 Å². The standard InChI is InChI=1S/C26H35N5O3/c1-8-31-23-21(25(33)27-15-26(3,4)16-30(5)6)13-19(28-17(2)32)14-22(23)29-24(31)18-10-9-11-20(12-18)34-7/h9-14H,8,15-16H2,1-7H3,(H,27,33)(H,28,32). The highest BCUT2D eigenvalue weighted by molar-refractivity contribution is 6.08. The van der Waals surface area contributed by atoms with Gasteiger partial charge in [0.2, 0.25) is 5.91 Å². The van der Waals surface area contributed by atoms with Gasteiger partial charge in [0.1, 0.15) is 11.6 Å². The second kappa shape index (κ2) is 10.3. The van der Waals surface area contributed by atoms with Gasteiger partial charge < -0.3 is 24.8 Å². The van der Waals surface area contributed by atoms with E-state index in [1.165, 1.54) is 6.92 Å². The second-order valence-corrected chi connectivity index (χ2v) is 9.57. The van der Waals surface area contributed by atoms with Crippen molar-refractivity contribution in [3.63, 3.8) is 0 Å². The van der Waals surface area contributed by atoms with Crippen molar-refractivity contribution < 1.29 is 14.3 Å². The molecule has 2 amide bonds. The first-order valence-corrected chi connectivity index (χ1v) is 11.4. The van der Waals surface area contributed by atoms with Crippen LogP contribution in [0.4, 0.5) is 5.69 Å². The number of aryl methyl sites for hydroxylation is 1. The second-order valence-electron chi connectivity index (χ2n) is 9.57. The number of methoxy groups -OCH3 is 1. The van der Waals surface area contributed by atoms with Gasteiger partial charge in [-0.1, -0.05) is 26.0 Å². The fourth-order valence-electron chi connectivity index (χ4n) is 4.33. The number of rotatable bonds is 9. The van der Waals surface area contributed by atoms with Gasteiger partial charge in [0.25, 0.3) is 5.91 Å². The maximum absolute atomic E-state index is 13.4. The molecular weight excluding hydrogens is 430 g/mol. The van der Waals surface area contributed by atoms with Crippen LogP contribution in [0.2, 0.25) is 0 Å². The summed E-state index contributed by atoms with van der Waals surface area (Å²) in [6.07, 6.45) is 0. The highest BCUT2D eigenvalue weighted by Gasteiger charge is 2.24. The lowest BCUT2D eigenvalue weighted by molar-refractivity contribution is -0.114. The Bertz CT molecular complexity index is 1200. The summed E-state index contributed by atoms with van der Waals surface area (Å²) >= 11 is 0. The summed E-state index contributed by atoms with van der Waals surface area (Å²) in [7, 11) is 5.66. The largest absolute Gasteiger partial charge is 0.497 e. The normalized spacial score (nSPS) is 11.6. The third kappa shape index (κ3) is 5.75. The number of nitrogens with zero attached hydrogens (tertiary/aromatic N) is 3. The number of fused-ring (bicyclic) bond motifs is 1. The third-order valence-electron chi connectivity index (χ3n) is 5.52. The summed E-state index contributed by atoms with van der Waals surface area (Å²) in [5.41, 5.74) is 3.17. The minimum Gasteiger partial charge on any atom is -0.497 e. The average molecular weight is 466 g/mol. The predicted molar refractivity (Wildman–Crippen MR) is 136 cm³/mol. The molecule has 3 rings (SSSR count). The number of anilines is 1. The van der Waals surface area contributed by atoms with E-state index < -0.39 is 0 Å². The molecule has 0 aliphatic carbocycles. The molecule has 2 N–H and O–H groups in total. The molecule has 1 aromatic heterocycles. The summed E-state index contributed by atoms with van der Waals surface area (Å²) in [4.78, 5) is 32.2. The number of nitrogens with one attached hydrogen (secondary N) is 2. The van der Waals surface area contributed by atoms with Crippen LogP contribution in [-0.4, -0.2) is 60.6 Å². The van der Waals surface area contributed by atoms with Crippen LogP contribution in [0.25, 0.3) is 22.4 Å². The summed E-state index contributed by atoms with van der Waals surface area (Å²) < 4.78 is 7.42. The molecule has 1 heterocycles.